The van der Waals surface area contributed by atoms with Gasteiger partial charge in [0.15, 0.2) is 10.8 Å². The normalized spacial score (nSPS) is 15.5. The van der Waals surface area contributed by atoms with E-state index in [1.165, 1.54) is 43.4 Å². The largest absolute Gasteiger partial charge is 0.439 e. The highest BCUT2D eigenvalue weighted by molar-refractivity contribution is 7.80. The van der Waals surface area contributed by atoms with Gasteiger partial charge >= 0.3 is 6.18 Å². The van der Waals surface area contributed by atoms with Gasteiger partial charge in [-0.2, -0.15) is 18.3 Å². The summed E-state index contributed by atoms with van der Waals surface area (Å²) in [4.78, 5) is 26.8. The lowest BCUT2D eigenvalue weighted by Crippen LogP contribution is -2.54. The molecule has 1 saturated heterocycles. The Bertz CT molecular complexity index is 1390. The Kier molecular flexibility index (Phi) is 6.58. The molecule has 0 unspecified atom stereocenters. The van der Waals surface area contributed by atoms with Crippen molar-refractivity contribution in [3.05, 3.63) is 75.4 Å². The molecule has 3 aromatic rings. The Morgan fingerprint density at radius 1 is 1.09 bits per heavy atom. The van der Waals surface area contributed by atoms with Crippen LogP contribution in [-0.2, 0) is 22.8 Å². The van der Waals surface area contributed by atoms with E-state index in [1.54, 1.807) is 12.1 Å². The summed E-state index contributed by atoms with van der Waals surface area (Å²) in [5.74, 6) is -2.15. The number of aromatic nitrogens is 2. The molecule has 35 heavy (non-hydrogen) atoms. The van der Waals surface area contributed by atoms with Crippen molar-refractivity contribution in [2.24, 2.45) is 7.05 Å². The molecular weight excluding hydrogens is 528 g/mol. The number of nitrogens with zero attached hydrogens (tertiary/aromatic N) is 3. The lowest BCUT2D eigenvalue weighted by atomic mass is 10.1. The predicted octanol–water partition coefficient (Wildman–Crippen LogP) is 5.37. The first-order chi connectivity index (χ1) is 16.5. The highest BCUT2D eigenvalue weighted by atomic mass is 35.5. The van der Waals surface area contributed by atoms with Crippen LogP contribution in [0.1, 0.15) is 11.3 Å². The molecule has 0 spiro atoms. The van der Waals surface area contributed by atoms with Crippen LogP contribution in [-0.4, -0.2) is 26.7 Å². The van der Waals surface area contributed by atoms with E-state index in [9.17, 15) is 22.8 Å². The molecule has 1 aromatic heterocycles. The minimum atomic E-state index is -4.92. The van der Waals surface area contributed by atoms with E-state index in [-0.39, 0.29) is 27.5 Å². The molecule has 13 heteroatoms. The molecule has 4 rings (SSSR count). The van der Waals surface area contributed by atoms with Crippen molar-refractivity contribution in [2.75, 3.05) is 4.90 Å². The minimum Gasteiger partial charge on any atom is -0.439 e. The number of aryl methyl sites for hydroxylation is 1. The van der Waals surface area contributed by atoms with E-state index in [1.807, 2.05) is 0 Å². The number of benzene rings is 2. The summed E-state index contributed by atoms with van der Waals surface area (Å²) in [7, 11) is 1.23. The van der Waals surface area contributed by atoms with Crippen LogP contribution in [0.5, 0.6) is 11.6 Å². The molecule has 1 N–H and O–H groups in total. The van der Waals surface area contributed by atoms with Gasteiger partial charge in [0.2, 0.25) is 5.88 Å². The third-order valence-electron chi connectivity index (χ3n) is 4.78. The van der Waals surface area contributed by atoms with Gasteiger partial charge in [0, 0.05) is 17.1 Å². The van der Waals surface area contributed by atoms with Gasteiger partial charge in [-0.3, -0.25) is 19.8 Å². The van der Waals surface area contributed by atoms with Gasteiger partial charge in [-0.25, -0.2) is 4.68 Å². The number of nitrogens with one attached hydrogen (secondary N) is 1. The third-order valence-corrected chi connectivity index (χ3v) is 5.56. The monoisotopic (exact) mass is 540 g/mol. The number of amides is 2. The number of alkyl halides is 3. The summed E-state index contributed by atoms with van der Waals surface area (Å²) >= 11 is 16.9. The molecule has 0 saturated carbocycles. The first-order valence-electron chi connectivity index (χ1n) is 9.70. The molecule has 1 aliphatic heterocycles. The van der Waals surface area contributed by atoms with Crippen LogP contribution < -0.4 is 15.0 Å². The van der Waals surface area contributed by atoms with Crippen LogP contribution in [0.25, 0.3) is 6.08 Å². The Labute approximate surface area is 211 Å². The number of hydrogen-bond acceptors (Lipinski definition) is 5. The zero-order valence-corrected chi connectivity index (χ0v) is 19.9. The standard InChI is InChI=1S/C22H13Cl2F3N4O3S/c1-30-20(34-14-4-2-3-12(24)9-14)15(17(29-30)22(25,26)27)10-16-18(32)28-21(35)31(19(16)33)13-7-5-11(23)6-8-13/h2-10H,1H3,(H,28,32,35)/b16-10+. The van der Waals surface area contributed by atoms with Crippen LogP contribution in [0.3, 0.4) is 0 Å². The molecule has 1 aliphatic rings. The van der Waals surface area contributed by atoms with Crippen molar-refractivity contribution in [1.29, 1.82) is 0 Å². The van der Waals surface area contributed by atoms with Gasteiger partial charge in [0.25, 0.3) is 11.8 Å². The molecule has 0 aliphatic carbocycles. The second kappa shape index (κ2) is 9.33. The zero-order valence-electron chi connectivity index (χ0n) is 17.6. The number of rotatable bonds is 4. The molecule has 2 heterocycles. The maximum atomic E-state index is 13.8. The second-order valence-electron chi connectivity index (χ2n) is 7.18. The Balaban J connectivity index is 1.84. The highest BCUT2D eigenvalue weighted by Gasteiger charge is 2.41. The van der Waals surface area contributed by atoms with Crippen molar-refractivity contribution >= 4 is 64.1 Å². The Hall–Kier alpha value is -3.41. The average molecular weight is 541 g/mol. The van der Waals surface area contributed by atoms with Crippen molar-refractivity contribution in [3.8, 4) is 11.6 Å². The number of hydrogen-bond donors (Lipinski definition) is 1. The number of carbonyl (C=O) groups is 2. The van der Waals surface area contributed by atoms with Gasteiger partial charge in [-0.15, -0.1) is 0 Å². The fourth-order valence-electron chi connectivity index (χ4n) is 3.25. The molecule has 2 amide bonds. The molecule has 1 fully saturated rings. The average Bonchev–Trinajstić information content (AvgIpc) is 3.08. The van der Waals surface area contributed by atoms with Gasteiger partial charge in [0.1, 0.15) is 11.3 Å². The zero-order chi connectivity index (χ0) is 25.5. The summed E-state index contributed by atoms with van der Waals surface area (Å²) in [5.41, 5.74) is -2.32. The number of anilines is 1. The van der Waals surface area contributed by atoms with Crippen molar-refractivity contribution in [1.82, 2.24) is 15.1 Å². The van der Waals surface area contributed by atoms with E-state index in [2.05, 4.69) is 10.4 Å². The molecule has 180 valence electrons. The first kappa shape index (κ1) is 24.7. The van der Waals surface area contributed by atoms with Crippen molar-refractivity contribution in [3.63, 3.8) is 0 Å². The van der Waals surface area contributed by atoms with E-state index < -0.39 is 34.8 Å². The van der Waals surface area contributed by atoms with Crippen LogP contribution in [0.15, 0.2) is 54.1 Å². The molecule has 0 bridgehead atoms. The number of carbonyl (C=O) groups excluding carboxylic acids is 2. The smallest absolute Gasteiger partial charge is 0.435 e. The summed E-state index contributed by atoms with van der Waals surface area (Å²) in [6.07, 6.45) is -4.14. The quantitative estimate of drug-likeness (QED) is 0.273. The number of halogens is 5. The Morgan fingerprint density at radius 2 is 1.77 bits per heavy atom. The van der Waals surface area contributed by atoms with Crippen LogP contribution >= 0.6 is 35.4 Å². The van der Waals surface area contributed by atoms with Crippen LogP contribution in [0.4, 0.5) is 18.9 Å². The van der Waals surface area contributed by atoms with E-state index >= 15 is 0 Å². The van der Waals surface area contributed by atoms with Crippen molar-refractivity contribution in [2.45, 2.75) is 6.18 Å². The minimum absolute atomic E-state index is 0.122. The summed E-state index contributed by atoms with van der Waals surface area (Å²) in [6, 6.07) is 11.9. The lowest BCUT2D eigenvalue weighted by molar-refractivity contribution is -0.141. The van der Waals surface area contributed by atoms with E-state index in [0.29, 0.717) is 5.02 Å². The molecular formula is C22H13Cl2F3N4O3S. The molecule has 2 aromatic carbocycles. The van der Waals surface area contributed by atoms with Gasteiger partial charge in [0.05, 0.1) is 11.3 Å². The van der Waals surface area contributed by atoms with Gasteiger partial charge in [-0.05, 0) is 60.8 Å². The first-order valence-corrected chi connectivity index (χ1v) is 10.9. The third kappa shape index (κ3) is 5.02. The fourth-order valence-corrected chi connectivity index (χ4v) is 3.84. The maximum absolute atomic E-state index is 13.8. The number of thiocarbonyl (C=S) groups is 1. The lowest BCUT2D eigenvalue weighted by Gasteiger charge is -2.29. The SMILES string of the molecule is Cn1nc(C(F)(F)F)c(/C=C2\C(=O)NC(=S)N(c3ccc(Cl)cc3)C2=O)c1Oc1cccc(Cl)c1. The summed E-state index contributed by atoms with van der Waals surface area (Å²) in [5, 5.41) is 6.26. The Morgan fingerprint density at radius 3 is 2.40 bits per heavy atom. The second-order valence-corrected chi connectivity index (χ2v) is 8.44. The fraction of sp³-hybridized carbons (Fsp3) is 0.0909. The maximum Gasteiger partial charge on any atom is 0.435 e. The topological polar surface area (TPSA) is 76.5 Å². The van der Waals surface area contributed by atoms with E-state index in [4.69, 9.17) is 40.2 Å². The van der Waals surface area contributed by atoms with Crippen LogP contribution in [0, 0.1) is 0 Å². The summed E-state index contributed by atoms with van der Waals surface area (Å²) in [6.45, 7) is 0. The van der Waals surface area contributed by atoms with Crippen LogP contribution in [0.2, 0.25) is 10.0 Å². The summed E-state index contributed by atoms with van der Waals surface area (Å²) < 4.78 is 48.0. The van der Waals surface area contributed by atoms with Crippen molar-refractivity contribution < 1.29 is 27.5 Å². The highest BCUT2D eigenvalue weighted by Crippen LogP contribution is 2.39. The molecule has 7 nitrogen and oxygen atoms in total. The molecule has 0 atom stereocenters. The number of ether oxygens (including phenoxy) is 1. The predicted molar refractivity (Wildman–Crippen MR) is 127 cm³/mol. The van der Waals surface area contributed by atoms with Gasteiger partial charge < -0.3 is 4.74 Å². The van der Waals surface area contributed by atoms with Gasteiger partial charge in [-0.1, -0.05) is 29.3 Å². The molecule has 0 radical (unpaired) electrons. The van der Waals surface area contributed by atoms with E-state index in [0.717, 1.165) is 15.7 Å².